The third kappa shape index (κ3) is 2.42. The van der Waals surface area contributed by atoms with Gasteiger partial charge in [-0.15, -0.1) is 0 Å². The largest absolute Gasteiger partial charge is 0.313 e. The highest BCUT2D eigenvalue weighted by Gasteiger charge is 2.39. The van der Waals surface area contributed by atoms with Crippen molar-refractivity contribution in [2.24, 2.45) is 11.3 Å². The number of nitrogens with one attached hydrogen (secondary N) is 3. The minimum Gasteiger partial charge on any atom is -0.313 e. The topological polar surface area (TPSA) is 52.7 Å². The Kier molecular flexibility index (Phi) is 3.42. The molecule has 4 rings (SSSR count). The zero-order valence-corrected chi connectivity index (χ0v) is 13.9. The van der Waals surface area contributed by atoms with Gasteiger partial charge in [0, 0.05) is 17.8 Å². The quantitative estimate of drug-likeness (QED) is 0.736. The van der Waals surface area contributed by atoms with Crippen molar-refractivity contribution >= 4 is 0 Å². The van der Waals surface area contributed by atoms with E-state index in [-0.39, 0.29) is 0 Å². The molecule has 0 bridgehead atoms. The van der Waals surface area contributed by atoms with Crippen molar-refractivity contribution in [1.82, 2.24) is 20.8 Å². The van der Waals surface area contributed by atoms with Gasteiger partial charge in [0.05, 0.1) is 11.7 Å². The van der Waals surface area contributed by atoms with Gasteiger partial charge < -0.3 is 10.6 Å². The van der Waals surface area contributed by atoms with Crippen LogP contribution in [0.4, 0.5) is 0 Å². The van der Waals surface area contributed by atoms with Gasteiger partial charge in [-0.2, -0.15) is 5.10 Å². The summed E-state index contributed by atoms with van der Waals surface area (Å²) < 4.78 is 0. The highest BCUT2D eigenvalue weighted by Crippen LogP contribution is 2.41. The van der Waals surface area contributed by atoms with E-state index in [0.29, 0.717) is 29.5 Å². The number of H-pyrrole nitrogens is 1. The van der Waals surface area contributed by atoms with Gasteiger partial charge in [0.15, 0.2) is 0 Å². The van der Waals surface area contributed by atoms with Crippen molar-refractivity contribution < 1.29 is 0 Å². The second kappa shape index (κ2) is 5.20. The van der Waals surface area contributed by atoms with Gasteiger partial charge >= 0.3 is 0 Å². The summed E-state index contributed by atoms with van der Waals surface area (Å²) in [4.78, 5) is 0. The van der Waals surface area contributed by atoms with Crippen molar-refractivity contribution in [3.05, 3.63) is 29.1 Å². The smallest absolute Gasteiger partial charge is 0.0826 e. The van der Waals surface area contributed by atoms with Crippen LogP contribution in [-0.2, 0) is 12.8 Å². The number of hydrogen-bond donors (Lipinski definition) is 3. The predicted molar refractivity (Wildman–Crippen MR) is 88.8 cm³/mol. The highest BCUT2D eigenvalue weighted by atomic mass is 15.2. The van der Waals surface area contributed by atoms with Crippen molar-refractivity contribution in [2.45, 2.75) is 64.1 Å². The molecule has 3 aliphatic rings. The van der Waals surface area contributed by atoms with E-state index in [1.165, 1.54) is 42.6 Å². The van der Waals surface area contributed by atoms with Gasteiger partial charge in [0.1, 0.15) is 0 Å². The monoisotopic (exact) mass is 300 g/mol. The van der Waals surface area contributed by atoms with E-state index in [1.807, 2.05) is 7.05 Å². The molecule has 4 heteroatoms. The van der Waals surface area contributed by atoms with Crippen molar-refractivity contribution in [3.8, 4) is 0 Å². The van der Waals surface area contributed by atoms with Gasteiger partial charge in [0.2, 0.25) is 0 Å². The maximum absolute atomic E-state index is 4.72. The maximum atomic E-state index is 4.72. The summed E-state index contributed by atoms with van der Waals surface area (Å²) in [7, 11) is 2.05. The first kappa shape index (κ1) is 14.5. The molecule has 4 atom stereocenters. The van der Waals surface area contributed by atoms with Crippen LogP contribution < -0.4 is 10.6 Å². The molecule has 1 saturated heterocycles. The highest BCUT2D eigenvalue weighted by molar-refractivity contribution is 5.32. The molecule has 4 nitrogen and oxygen atoms in total. The van der Waals surface area contributed by atoms with Crippen LogP contribution in [0, 0.1) is 11.3 Å². The Labute approximate surface area is 133 Å². The van der Waals surface area contributed by atoms with Crippen molar-refractivity contribution in [1.29, 1.82) is 0 Å². The zero-order chi connectivity index (χ0) is 15.3. The molecular formula is C18H28N4. The van der Waals surface area contributed by atoms with Gasteiger partial charge in [-0.3, -0.25) is 5.10 Å². The van der Waals surface area contributed by atoms with E-state index in [4.69, 9.17) is 5.10 Å². The lowest BCUT2D eigenvalue weighted by atomic mass is 9.76. The number of rotatable bonds is 2. The fourth-order valence-corrected chi connectivity index (χ4v) is 4.54. The first-order chi connectivity index (χ1) is 10.6. The molecular weight excluding hydrogens is 272 g/mol. The summed E-state index contributed by atoms with van der Waals surface area (Å²) in [5.41, 5.74) is 4.60. The van der Waals surface area contributed by atoms with Crippen LogP contribution in [0.15, 0.2) is 12.2 Å². The van der Waals surface area contributed by atoms with Crippen molar-refractivity contribution in [3.63, 3.8) is 0 Å². The number of aromatic amines is 1. The average Bonchev–Trinajstić information content (AvgIpc) is 3.07. The molecule has 0 saturated carbocycles. The van der Waals surface area contributed by atoms with Crippen LogP contribution in [0.25, 0.3) is 0 Å². The second-order valence-corrected chi connectivity index (χ2v) is 8.15. The van der Waals surface area contributed by atoms with Crippen LogP contribution in [0.3, 0.4) is 0 Å². The molecule has 0 spiro atoms. The van der Waals surface area contributed by atoms with Crippen molar-refractivity contribution in [2.75, 3.05) is 7.05 Å². The molecule has 2 heterocycles. The van der Waals surface area contributed by atoms with E-state index in [2.05, 4.69) is 41.7 Å². The van der Waals surface area contributed by atoms with Gasteiger partial charge in [-0.1, -0.05) is 26.0 Å². The number of nitrogens with zero attached hydrogens (tertiary/aromatic N) is 1. The third-order valence-electron chi connectivity index (χ3n) is 5.93. The Morgan fingerprint density at radius 2 is 2.14 bits per heavy atom. The fourth-order valence-electron chi connectivity index (χ4n) is 4.54. The molecule has 1 aromatic rings. The molecule has 2 aliphatic carbocycles. The Morgan fingerprint density at radius 3 is 2.95 bits per heavy atom. The number of aromatic nitrogens is 2. The lowest BCUT2D eigenvalue weighted by Crippen LogP contribution is -2.38. The molecule has 4 unspecified atom stereocenters. The number of likely N-dealkylation sites (N-methyl/N-ethyl adjacent to an activating group) is 1. The predicted octanol–water partition coefficient (Wildman–Crippen LogP) is 2.49. The zero-order valence-electron chi connectivity index (χ0n) is 13.9. The Morgan fingerprint density at radius 1 is 1.27 bits per heavy atom. The molecule has 1 aromatic heterocycles. The summed E-state index contributed by atoms with van der Waals surface area (Å²) in [5.74, 6) is 0.669. The van der Waals surface area contributed by atoms with Crippen LogP contribution in [0.1, 0.15) is 56.1 Å². The molecule has 0 aromatic carbocycles. The molecule has 0 amide bonds. The minimum atomic E-state index is 0.413. The standard InChI is InChI=1S/C18H28N4/c1-18(2)7-6-13-16(10-18)21-22-17(13)15-8-11-4-5-12(19-3)9-14(11)20-15/h4-5,11-12,14-15,19-20H,6-10H2,1-3H3,(H,21,22). The lowest BCUT2D eigenvalue weighted by molar-refractivity contribution is 0.311. The second-order valence-electron chi connectivity index (χ2n) is 8.15. The summed E-state index contributed by atoms with van der Waals surface area (Å²) in [6.07, 6.45) is 10.7. The summed E-state index contributed by atoms with van der Waals surface area (Å²) >= 11 is 0. The number of hydrogen-bond acceptors (Lipinski definition) is 3. The summed E-state index contributed by atoms with van der Waals surface area (Å²) in [6.45, 7) is 4.73. The lowest BCUT2D eigenvalue weighted by Gasteiger charge is -2.29. The molecule has 120 valence electrons. The number of fused-ring (bicyclic) bond motifs is 2. The van der Waals surface area contributed by atoms with Crippen LogP contribution in [-0.4, -0.2) is 29.3 Å². The molecule has 1 aliphatic heterocycles. The first-order valence-electron chi connectivity index (χ1n) is 8.73. The van der Waals surface area contributed by atoms with E-state index in [9.17, 15) is 0 Å². The molecule has 3 N–H and O–H groups in total. The van der Waals surface area contributed by atoms with Gasteiger partial charge in [-0.25, -0.2) is 0 Å². The first-order valence-corrected chi connectivity index (χ1v) is 8.73. The third-order valence-corrected chi connectivity index (χ3v) is 5.93. The molecule has 22 heavy (non-hydrogen) atoms. The van der Waals surface area contributed by atoms with Crippen LogP contribution in [0.5, 0.6) is 0 Å². The maximum Gasteiger partial charge on any atom is 0.0826 e. The van der Waals surface area contributed by atoms with E-state index in [1.54, 1.807) is 0 Å². The van der Waals surface area contributed by atoms with Crippen LogP contribution >= 0.6 is 0 Å². The van der Waals surface area contributed by atoms with Gasteiger partial charge in [-0.05, 0) is 56.0 Å². The van der Waals surface area contributed by atoms with Gasteiger partial charge in [0.25, 0.3) is 0 Å². The summed E-state index contributed by atoms with van der Waals surface area (Å²) in [6, 6.07) is 1.54. The van der Waals surface area contributed by atoms with E-state index >= 15 is 0 Å². The van der Waals surface area contributed by atoms with E-state index < -0.39 is 0 Å². The van der Waals surface area contributed by atoms with Crippen LogP contribution in [0.2, 0.25) is 0 Å². The Bertz CT molecular complexity index is 586. The minimum absolute atomic E-state index is 0.413. The summed E-state index contributed by atoms with van der Waals surface area (Å²) in [5, 5.41) is 15.3. The van der Waals surface area contributed by atoms with E-state index in [0.717, 1.165) is 6.42 Å². The Balaban J connectivity index is 1.54. The fraction of sp³-hybridized carbons (Fsp3) is 0.722. The normalized spacial score (nSPS) is 36.1. The molecule has 0 radical (unpaired) electrons. The Hall–Kier alpha value is -1.13. The SMILES string of the molecule is CNC1C=CC2CC(c3n[nH]c4c3CCC(C)(C)C4)NC2C1. The average molecular weight is 300 g/mol. The molecule has 1 fully saturated rings.